The molecule has 1 aromatic carbocycles. The fourth-order valence-corrected chi connectivity index (χ4v) is 2.98. The van der Waals surface area contributed by atoms with Crippen LogP contribution in [0.25, 0.3) is 11.3 Å². The normalized spacial score (nSPS) is 10.7. The number of thiazole rings is 1. The van der Waals surface area contributed by atoms with Crippen LogP contribution in [0.4, 0.5) is 5.69 Å². The fraction of sp³-hybridized carbons (Fsp3) is 0.133. The summed E-state index contributed by atoms with van der Waals surface area (Å²) in [5.41, 5.74) is 3.26. The van der Waals surface area contributed by atoms with E-state index in [4.69, 9.17) is 4.42 Å². The molecule has 0 unspecified atom stereocenters. The van der Waals surface area contributed by atoms with Gasteiger partial charge in [0, 0.05) is 16.6 Å². The van der Waals surface area contributed by atoms with Gasteiger partial charge in [0.2, 0.25) is 0 Å². The number of hydrogen-bond acceptors (Lipinski definition) is 4. The van der Waals surface area contributed by atoms with E-state index in [0.29, 0.717) is 6.54 Å². The van der Waals surface area contributed by atoms with Crippen molar-refractivity contribution in [3.63, 3.8) is 0 Å². The van der Waals surface area contributed by atoms with Gasteiger partial charge in [-0.15, -0.1) is 11.3 Å². The van der Waals surface area contributed by atoms with E-state index in [1.165, 1.54) is 0 Å². The van der Waals surface area contributed by atoms with Crippen molar-refractivity contribution in [1.82, 2.24) is 4.98 Å². The van der Waals surface area contributed by atoms with Crippen LogP contribution in [0.5, 0.6) is 0 Å². The topological polar surface area (TPSA) is 38.1 Å². The van der Waals surface area contributed by atoms with Gasteiger partial charge in [0.25, 0.3) is 0 Å². The summed E-state index contributed by atoms with van der Waals surface area (Å²) in [4.78, 5) is 4.49. The highest BCUT2D eigenvalue weighted by atomic mass is 127. The maximum atomic E-state index is 5.52. The minimum Gasteiger partial charge on any atom is -0.454 e. The number of aromatic nitrogens is 1. The van der Waals surface area contributed by atoms with Crippen LogP contribution >= 0.6 is 33.9 Å². The number of hydrogen-bond donors (Lipinski definition) is 1. The van der Waals surface area contributed by atoms with E-state index < -0.39 is 0 Å². The van der Waals surface area contributed by atoms with Crippen LogP contribution in [0.1, 0.15) is 10.8 Å². The second kappa shape index (κ2) is 5.97. The first-order valence-electron chi connectivity index (χ1n) is 6.21. The number of nitrogens with zero attached hydrogens (tertiary/aromatic N) is 1. The zero-order valence-electron chi connectivity index (χ0n) is 10.9. The first-order chi connectivity index (χ1) is 9.70. The van der Waals surface area contributed by atoms with Crippen molar-refractivity contribution in [3.8, 4) is 11.3 Å². The van der Waals surface area contributed by atoms with Crippen molar-refractivity contribution in [1.29, 1.82) is 0 Å². The van der Waals surface area contributed by atoms with E-state index in [-0.39, 0.29) is 0 Å². The van der Waals surface area contributed by atoms with Crippen molar-refractivity contribution >= 4 is 39.6 Å². The maximum absolute atomic E-state index is 5.52. The van der Waals surface area contributed by atoms with E-state index in [1.807, 2.05) is 19.1 Å². The predicted molar refractivity (Wildman–Crippen MR) is 91.0 cm³/mol. The lowest BCUT2D eigenvalue weighted by atomic mass is 10.1. The minimum absolute atomic E-state index is 0.693. The molecule has 3 aromatic rings. The molecule has 0 radical (unpaired) electrons. The largest absolute Gasteiger partial charge is 0.454 e. The molecule has 0 amide bonds. The van der Waals surface area contributed by atoms with Gasteiger partial charge in [-0.2, -0.15) is 0 Å². The summed E-state index contributed by atoms with van der Waals surface area (Å²) in [6.45, 7) is 2.72. The Morgan fingerprint density at radius 1 is 1.20 bits per heavy atom. The van der Waals surface area contributed by atoms with Crippen molar-refractivity contribution in [2.75, 3.05) is 5.32 Å². The molecule has 0 aliphatic heterocycles. The number of furan rings is 1. The lowest BCUT2D eigenvalue weighted by molar-refractivity contribution is 0.493. The van der Waals surface area contributed by atoms with Crippen LogP contribution < -0.4 is 5.32 Å². The molecule has 102 valence electrons. The zero-order valence-corrected chi connectivity index (χ0v) is 13.9. The number of aryl methyl sites for hydroxylation is 1. The molecule has 1 N–H and O–H groups in total. The number of benzene rings is 1. The third kappa shape index (κ3) is 3.21. The Morgan fingerprint density at radius 2 is 2.00 bits per heavy atom. The minimum atomic E-state index is 0.693. The Hall–Kier alpha value is -1.34. The Labute approximate surface area is 135 Å². The van der Waals surface area contributed by atoms with E-state index in [0.717, 1.165) is 31.5 Å². The molecular formula is C15H13IN2OS. The summed E-state index contributed by atoms with van der Waals surface area (Å²) in [7, 11) is 0. The molecule has 3 rings (SSSR count). The molecule has 0 aliphatic carbocycles. The molecule has 20 heavy (non-hydrogen) atoms. The third-order valence-electron chi connectivity index (χ3n) is 2.90. The highest BCUT2D eigenvalue weighted by Gasteiger charge is 2.03. The second-order valence-electron chi connectivity index (χ2n) is 4.39. The van der Waals surface area contributed by atoms with E-state index in [1.54, 1.807) is 11.3 Å². The molecular weight excluding hydrogens is 383 g/mol. The average Bonchev–Trinajstić information content (AvgIpc) is 3.06. The zero-order chi connectivity index (χ0) is 13.9. The summed E-state index contributed by atoms with van der Waals surface area (Å²) in [5.74, 6) is 0.939. The highest BCUT2D eigenvalue weighted by molar-refractivity contribution is 14.1. The fourth-order valence-electron chi connectivity index (χ4n) is 1.89. The predicted octanol–water partition coefficient (Wildman–Crippen LogP) is 4.93. The first-order valence-corrected chi connectivity index (χ1v) is 8.17. The third-order valence-corrected chi connectivity index (χ3v) is 4.25. The molecule has 0 atom stereocenters. The summed E-state index contributed by atoms with van der Waals surface area (Å²) in [6.07, 6.45) is 0. The first kappa shape index (κ1) is 13.6. The molecule has 0 fully saturated rings. The smallest absolute Gasteiger partial charge is 0.164 e. The summed E-state index contributed by atoms with van der Waals surface area (Å²) < 4.78 is 6.43. The molecule has 2 heterocycles. The Balaban J connectivity index is 1.67. The van der Waals surface area contributed by atoms with Gasteiger partial charge in [-0.3, -0.25) is 0 Å². The van der Waals surface area contributed by atoms with Gasteiger partial charge < -0.3 is 9.73 Å². The van der Waals surface area contributed by atoms with Crippen molar-refractivity contribution < 1.29 is 4.42 Å². The Kier molecular flexibility index (Phi) is 4.07. The SMILES string of the molecule is Cc1nc(-c2ccc(NCc3ccc(I)o3)cc2)cs1. The molecule has 0 spiro atoms. The van der Waals surface area contributed by atoms with Gasteiger partial charge >= 0.3 is 0 Å². The van der Waals surface area contributed by atoms with E-state index >= 15 is 0 Å². The average molecular weight is 396 g/mol. The van der Waals surface area contributed by atoms with Crippen molar-refractivity contribution in [2.24, 2.45) is 0 Å². The highest BCUT2D eigenvalue weighted by Crippen LogP contribution is 2.23. The second-order valence-corrected chi connectivity index (χ2v) is 6.51. The number of anilines is 1. The maximum Gasteiger partial charge on any atom is 0.164 e. The molecule has 0 aliphatic rings. The Bertz CT molecular complexity index is 703. The standard InChI is InChI=1S/C15H13IN2OS/c1-10-18-14(9-20-10)11-2-4-12(5-3-11)17-8-13-6-7-15(16)19-13/h2-7,9,17H,8H2,1H3. The molecule has 0 bridgehead atoms. The van der Waals surface area contributed by atoms with Crippen LogP contribution in [0.3, 0.4) is 0 Å². The lowest BCUT2D eigenvalue weighted by Crippen LogP contribution is -1.97. The van der Waals surface area contributed by atoms with Crippen LogP contribution in [0, 0.1) is 10.7 Å². The van der Waals surface area contributed by atoms with Gasteiger partial charge in [-0.05, 0) is 53.8 Å². The van der Waals surface area contributed by atoms with Gasteiger partial charge in [0.1, 0.15) is 5.76 Å². The van der Waals surface area contributed by atoms with Crippen LogP contribution in [-0.2, 0) is 6.54 Å². The van der Waals surface area contributed by atoms with E-state index in [9.17, 15) is 0 Å². The molecule has 0 saturated carbocycles. The summed E-state index contributed by atoms with van der Waals surface area (Å²) >= 11 is 3.84. The molecule has 0 saturated heterocycles. The van der Waals surface area contributed by atoms with E-state index in [2.05, 4.69) is 62.5 Å². The van der Waals surface area contributed by atoms with Gasteiger partial charge in [-0.25, -0.2) is 4.98 Å². The Morgan fingerprint density at radius 3 is 2.60 bits per heavy atom. The van der Waals surface area contributed by atoms with Crippen molar-refractivity contribution in [3.05, 3.63) is 56.3 Å². The molecule has 3 nitrogen and oxygen atoms in total. The number of nitrogens with one attached hydrogen (secondary N) is 1. The lowest BCUT2D eigenvalue weighted by Gasteiger charge is -2.05. The monoisotopic (exact) mass is 396 g/mol. The number of halogens is 1. The van der Waals surface area contributed by atoms with Gasteiger partial charge in [0.05, 0.1) is 17.2 Å². The quantitative estimate of drug-likeness (QED) is 0.636. The molecule has 5 heteroatoms. The van der Waals surface area contributed by atoms with Gasteiger partial charge in [0.15, 0.2) is 3.77 Å². The number of rotatable bonds is 4. The summed E-state index contributed by atoms with van der Waals surface area (Å²) in [5, 5.41) is 6.52. The van der Waals surface area contributed by atoms with Crippen LogP contribution in [-0.4, -0.2) is 4.98 Å². The van der Waals surface area contributed by atoms with Crippen LogP contribution in [0.2, 0.25) is 0 Å². The van der Waals surface area contributed by atoms with Crippen molar-refractivity contribution in [2.45, 2.75) is 13.5 Å². The van der Waals surface area contributed by atoms with Crippen LogP contribution in [0.15, 0.2) is 46.2 Å². The summed E-state index contributed by atoms with van der Waals surface area (Å²) in [6, 6.07) is 12.3. The molecule has 2 aromatic heterocycles. The van der Waals surface area contributed by atoms with Gasteiger partial charge in [-0.1, -0.05) is 12.1 Å².